The van der Waals surface area contributed by atoms with Crippen molar-refractivity contribution in [2.24, 2.45) is 5.92 Å². The lowest BCUT2D eigenvalue weighted by molar-refractivity contribution is -0.278. The van der Waals surface area contributed by atoms with Crippen LogP contribution in [0.4, 0.5) is 5.69 Å². The molecule has 3 heterocycles. The Balaban J connectivity index is 1.14. The van der Waals surface area contributed by atoms with Gasteiger partial charge in [-0.15, -0.1) is 0 Å². The van der Waals surface area contributed by atoms with Gasteiger partial charge in [-0.05, 0) is 35.7 Å². The maximum absolute atomic E-state index is 12.8. The molecule has 3 aliphatic heterocycles. The van der Waals surface area contributed by atoms with E-state index in [4.69, 9.17) is 18.9 Å². The molecule has 2 N–H and O–H groups in total. The monoisotopic (exact) mass is 614 g/mol. The molecule has 238 valence electrons. The van der Waals surface area contributed by atoms with Crippen LogP contribution in [0.3, 0.4) is 0 Å². The molecule has 6 rings (SSSR count). The molecule has 3 aromatic carbocycles. The molecule has 0 radical (unpaired) electrons. The Morgan fingerprint density at radius 2 is 1.58 bits per heavy atom. The zero-order valence-electron chi connectivity index (χ0n) is 25.9. The highest BCUT2D eigenvalue weighted by Gasteiger charge is 2.43. The smallest absolute Gasteiger partial charge is 0.228 e. The van der Waals surface area contributed by atoms with Crippen LogP contribution in [-0.4, -0.2) is 66.4 Å². The quantitative estimate of drug-likeness (QED) is 0.317. The Bertz CT molecular complexity index is 1460. The van der Waals surface area contributed by atoms with Gasteiger partial charge in [0.2, 0.25) is 5.91 Å². The zero-order chi connectivity index (χ0) is 31.4. The van der Waals surface area contributed by atoms with E-state index in [1.165, 1.54) is 6.92 Å². The van der Waals surface area contributed by atoms with Crippen LogP contribution in [0.1, 0.15) is 71.7 Å². The van der Waals surface area contributed by atoms with Crippen molar-refractivity contribution in [2.45, 2.75) is 64.0 Å². The number of rotatable bonds is 9. The van der Waals surface area contributed by atoms with Gasteiger partial charge in [0.05, 0.1) is 38.4 Å². The van der Waals surface area contributed by atoms with Crippen molar-refractivity contribution >= 4 is 17.4 Å². The maximum atomic E-state index is 12.8. The highest BCUT2D eigenvalue weighted by molar-refractivity contribution is 5.97. The summed E-state index contributed by atoms with van der Waals surface area (Å²) in [5, 5.41) is 12.4. The minimum Gasteiger partial charge on any atom is -0.392 e. The van der Waals surface area contributed by atoms with Gasteiger partial charge in [0.25, 0.3) is 0 Å². The van der Waals surface area contributed by atoms with Gasteiger partial charge < -0.3 is 34.3 Å². The van der Waals surface area contributed by atoms with E-state index < -0.39 is 12.1 Å². The van der Waals surface area contributed by atoms with Gasteiger partial charge >= 0.3 is 0 Å². The molecule has 1 unspecified atom stereocenters. The summed E-state index contributed by atoms with van der Waals surface area (Å²) in [6, 6.07) is 22.7. The summed E-state index contributed by atoms with van der Waals surface area (Å²) in [5.41, 5.74) is 4.79. The van der Waals surface area contributed by atoms with E-state index in [-0.39, 0.29) is 42.8 Å². The summed E-state index contributed by atoms with van der Waals surface area (Å²) in [6.07, 6.45) is 1.02. The van der Waals surface area contributed by atoms with E-state index in [0.717, 1.165) is 54.7 Å². The topological polar surface area (TPSA) is 107 Å². The Hall–Kier alpha value is -3.44. The number of ketones is 1. The number of nitrogens with one attached hydrogen (secondary N) is 1. The number of Topliss-reactive ketones (excluding diaryl/α,β-unsaturated/α-hetero) is 1. The molecule has 0 bridgehead atoms. The number of benzene rings is 3. The van der Waals surface area contributed by atoms with Gasteiger partial charge in [-0.25, -0.2) is 0 Å². The number of aliphatic hydroxyl groups is 1. The van der Waals surface area contributed by atoms with Crippen molar-refractivity contribution in [3.63, 3.8) is 0 Å². The molecule has 3 fully saturated rings. The van der Waals surface area contributed by atoms with Gasteiger partial charge in [0, 0.05) is 55.2 Å². The Labute approximate surface area is 264 Å². The highest BCUT2D eigenvalue weighted by Crippen LogP contribution is 2.42. The third-order valence-electron chi connectivity index (χ3n) is 9.16. The Morgan fingerprint density at radius 1 is 0.911 bits per heavy atom. The van der Waals surface area contributed by atoms with Crippen LogP contribution in [0.5, 0.6) is 0 Å². The van der Waals surface area contributed by atoms with Crippen molar-refractivity contribution < 1.29 is 33.6 Å². The zero-order valence-corrected chi connectivity index (χ0v) is 25.9. The summed E-state index contributed by atoms with van der Waals surface area (Å²) in [7, 11) is 0. The number of piperidine rings is 1. The van der Waals surface area contributed by atoms with Crippen LogP contribution in [0.2, 0.25) is 0 Å². The van der Waals surface area contributed by atoms with E-state index in [2.05, 4.69) is 17.1 Å². The third-order valence-corrected chi connectivity index (χ3v) is 9.16. The second kappa shape index (κ2) is 13.9. The molecule has 9 nitrogen and oxygen atoms in total. The first kappa shape index (κ1) is 31.5. The summed E-state index contributed by atoms with van der Waals surface area (Å²) in [5.74, 6) is -0.547. The number of anilines is 1. The number of hydrogen-bond donors (Lipinski definition) is 2. The van der Waals surface area contributed by atoms with Crippen molar-refractivity contribution in [3.8, 4) is 0 Å². The molecular formula is C36H42N2O7. The fraction of sp³-hybridized carbons (Fsp3) is 0.444. The molecule has 3 saturated heterocycles. The van der Waals surface area contributed by atoms with E-state index in [1.54, 1.807) is 24.3 Å². The van der Waals surface area contributed by atoms with E-state index in [0.29, 0.717) is 24.5 Å². The third kappa shape index (κ3) is 7.52. The largest absolute Gasteiger partial charge is 0.392 e. The molecule has 9 heteroatoms. The number of carbonyl (C=O) groups excluding carboxylic acids is 2. The van der Waals surface area contributed by atoms with Crippen molar-refractivity contribution in [3.05, 3.63) is 101 Å². The van der Waals surface area contributed by atoms with Crippen LogP contribution in [0.25, 0.3) is 0 Å². The summed E-state index contributed by atoms with van der Waals surface area (Å²) >= 11 is 0. The van der Waals surface area contributed by atoms with Crippen molar-refractivity contribution in [2.75, 3.05) is 38.2 Å². The van der Waals surface area contributed by atoms with E-state index >= 15 is 0 Å². The minimum absolute atomic E-state index is 0.00519. The number of carbonyl (C=O) groups is 2. The molecule has 4 atom stereocenters. The van der Waals surface area contributed by atoms with Crippen LogP contribution >= 0.6 is 0 Å². The first-order valence-electron chi connectivity index (χ1n) is 15.8. The van der Waals surface area contributed by atoms with Crippen LogP contribution in [0, 0.1) is 5.92 Å². The number of hydrogen-bond acceptors (Lipinski definition) is 8. The molecule has 0 saturated carbocycles. The fourth-order valence-corrected chi connectivity index (χ4v) is 6.44. The van der Waals surface area contributed by atoms with Gasteiger partial charge in [-0.1, -0.05) is 67.6 Å². The minimum atomic E-state index is -0.580. The van der Waals surface area contributed by atoms with Crippen molar-refractivity contribution in [1.29, 1.82) is 0 Å². The standard InChI is InChI=1S/C36H42N2O7/c1-24-32(22-38-16-14-36(15-17-38)42-18-19-43-36)44-35(45-34(24)28-10-8-27(23-39)9-11-28)29-12-6-26(7-13-29)20-33(41)37-31-5-3-4-30(21-31)25(2)40/h3-13,21,24,32,34-35,39H,14-20,22-23H2,1-2H3,(H,37,41)/t24-,32+,34+,35?/m0/s1. The second-order valence-corrected chi connectivity index (χ2v) is 12.3. The summed E-state index contributed by atoms with van der Waals surface area (Å²) in [4.78, 5) is 26.9. The molecule has 3 aliphatic rings. The normalized spacial score (nSPS) is 24.9. The maximum Gasteiger partial charge on any atom is 0.228 e. The van der Waals surface area contributed by atoms with Crippen LogP contribution in [-0.2, 0) is 36.8 Å². The Morgan fingerprint density at radius 3 is 2.24 bits per heavy atom. The van der Waals surface area contributed by atoms with Gasteiger partial charge in [-0.2, -0.15) is 0 Å². The lowest BCUT2D eigenvalue weighted by Gasteiger charge is -2.44. The second-order valence-electron chi connectivity index (χ2n) is 12.3. The Kier molecular flexibility index (Phi) is 9.75. The predicted octanol–water partition coefficient (Wildman–Crippen LogP) is 5.19. The first-order valence-corrected chi connectivity index (χ1v) is 15.8. The highest BCUT2D eigenvalue weighted by atomic mass is 16.7. The van der Waals surface area contributed by atoms with E-state index in [9.17, 15) is 14.7 Å². The lowest BCUT2D eigenvalue weighted by Crippen LogP contribution is -2.50. The number of amides is 1. The van der Waals surface area contributed by atoms with Crippen molar-refractivity contribution in [1.82, 2.24) is 4.90 Å². The first-order chi connectivity index (χ1) is 21.8. The molecular weight excluding hydrogens is 572 g/mol. The molecule has 1 amide bonds. The SMILES string of the molecule is CC(=O)c1cccc(NC(=O)Cc2ccc(C3O[C@H](CN4CCC5(CC4)OCCO5)[C@H](C)[C@H](c4ccc(CO)cc4)O3)cc2)c1. The molecule has 3 aromatic rings. The molecule has 0 aliphatic carbocycles. The fourth-order valence-electron chi connectivity index (χ4n) is 6.44. The van der Waals surface area contributed by atoms with Gasteiger partial charge in [-0.3, -0.25) is 9.59 Å². The number of ether oxygens (including phenoxy) is 4. The van der Waals surface area contributed by atoms with Gasteiger partial charge in [0.1, 0.15) is 0 Å². The number of likely N-dealkylation sites (tertiary alicyclic amines) is 1. The number of aliphatic hydroxyl groups excluding tert-OH is 1. The predicted molar refractivity (Wildman–Crippen MR) is 168 cm³/mol. The van der Waals surface area contributed by atoms with Crippen LogP contribution in [0.15, 0.2) is 72.8 Å². The summed E-state index contributed by atoms with van der Waals surface area (Å²) in [6.45, 7) is 7.53. The average Bonchev–Trinajstić information content (AvgIpc) is 3.51. The van der Waals surface area contributed by atoms with Crippen LogP contribution < -0.4 is 5.32 Å². The number of nitrogens with zero attached hydrogens (tertiary/aromatic N) is 1. The van der Waals surface area contributed by atoms with E-state index in [1.807, 2.05) is 48.5 Å². The molecule has 0 aromatic heterocycles. The molecule has 45 heavy (non-hydrogen) atoms. The molecule has 1 spiro atoms. The lowest BCUT2D eigenvalue weighted by atomic mass is 9.89. The average molecular weight is 615 g/mol. The van der Waals surface area contributed by atoms with Gasteiger partial charge in [0.15, 0.2) is 17.9 Å². The summed E-state index contributed by atoms with van der Waals surface area (Å²) < 4.78 is 25.1.